The minimum absolute atomic E-state index is 0.0117. The Morgan fingerprint density at radius 1 is 0.438 bits per heavy atom. The number of benzene rings is 6. The molecule has 2 nitrogen and oxygen atoms in total. The van der Waals surface area contributed by atoms with Gasteiger partial charge in [0, 0.05) is 38.2 Å². The Bertz CT molecular complexity index is 3080. The highest BCUT2D eigenvalue weighted by Crippen LogP contribution is 2.55. The van der Waals surface area contributed by atoms with E-state index in [2.05, 4.69) is 191 Å². The summed E-state index contributed by atoms with van der Waals surface area (Å²) in [5, 5.41) is 0. The van der Waals surface area contributed by atoms with Gasteiger partial charge in [-0.1, -0.05) is 144 Å². The van der Waals surface area contributed by atoms with Gasteiger partial charge >= 0.3 is 0 Å². The first kappa shape index (κ1) is 38.3. The van der Waals surface area contributed by atoms with Crippen LogP contribution >= 0.6 is 0 Å². The van der Waals surface area contributed by atoms with E-state index in [0.717, 1.165) is 66.2 Å². The second-order valence-corrected chi connectivity index (χ2v) is 24.5. The first-order chi connectivity index (χ1) is 31.2. The molecule has 0 spiro atoms. The maximum absolute atomic E-state index is 9.16. The van der Waals surface area contributed by atoms with Crippen LogP contribution in [0.1, 0.15) is 164 Å². The lowest BCUT2D eigenvalue weighted by Crippen LogP contribution is -2.61. The van der Waals surface area contributed by atoms with Crippen molar-refractivity contribution < 1.29 is 4.11 Å². The van der Waals surface area contributed by atoms with E-state index in [4.69, 9.17) is 4.11 Å². The van der Waals surface area contributed by atoms with E-state index < -0.39 is 6.85 Å². The molecule has 326 valence electrons. The summed E-state index contributed by atoms with van der Waals surface area (Å²) in [5.41, 5.74) is 22.5. The number of hydrogen-bond donors (Lipinski definition) is 0. The van der Waals surface area contributed by atoms with Crippen molar-refractivity contribution in [3.63, 3.8) is 0 Å². The molecule has 0 atom stereocenters. The van der Waals surface area contributed by atoms with Crippen LogP contribution in [0.2, 0.25) is 0 Å². The summed E-state index contributed by atoms with van der Waals surface area (Å²) in [6, 6.07) is 39.1. The molecule has 2 aliphatic heterocycles. The summed E-state index contributed by atoms with van der Waals surface area (Å²) < 4.78 is 27.5. The summed E-state index contributed by atoms with van der Waals surface area (Å²) in [6.45, 7) is 28.7. The molecule has 0 unspecified atom stereocenters. The fourth-order valence-corrected chi connectivity index (χ4v) is 13.5. The maximum Gasteiger partial charge on any atom is 0.252 e. The first-order valence-electron chi connectivity index (χ1n) is 25.7. The van der Waals surface area contributed by atoms with Gasteiger partial charge in [0.1, 0.15) is 0 Å². The van der Waals surface area contributed by atoms with Crippen molar-refractivity contribution in [2.24, 2.45) is 0 Å². The van der Waals surface area contributed by atoms with E-state index in [1.807, 2.05) is 12.1 Å². The second kappa shape index (κ2) is 13.3. The van der Waals surface area contributed by atoms with Gasteiger partial charge in [0.25, 0.3) is 6.71 Å². The van der Waals surface area contributed by atoms with Crippen molar-refractivity contribution in [1.29, 1.82) is 0 Å². The third-order valence-electron chi connectivity index (χ3n) is 17.2. The number of fused-ring (bicyclic) bond motifs is 7. The van der Waals surface area contributed by atoms with Crippen molar-refractivity contribution >= 4 is 57.2 Å². The second-order valence-electron chi connectivity index (χ2n) is 24.5. The minimum Gasteiger partial charge on any atom is -0.311 e. The molecular weight excluding hydrogens is 771 g/mol. The van der Waals surface area contributed by atoms with E-state index in [1.165, 1.54) is 66.5 Å². The molecule has 3 heteroatoms. The van der Waals surface area contributed by atoms with Gasteiger partial charge in [-0.2, -0.15) is 0 Å². The highest BCUT2D eigenvalue weighted by Gasteiger charge is 2.49. The van der Waals surface area contributed by atoms with Crippen molar-refractivity contribution in [2.45, 2.75) is 161 Å². The first-order valence-corrected chi connectivity index (χ1v) is 24.2. The smallest absolute Gasteiger partial charge is 0.252 e. The van der Waals surface area contributed by atoms with Gasteiger partial charge in [-0.3, -0.25) is 0 Å². The van der Waals surface area contributed by atoms with Crippen LogP contribution in [-0.2, 0) is 32.5 Å². The molecule has 5 aliphatic rings. The monoisotopic (exact) mass is 844 g/mol. The van der Waals surface area contributed by atoms with Gasteiger partial charge in [0.05, 0.1) is 0 Å². The van der Waals surface area contributed by atoms with Gasteiger partial charge < -0.3 is 9.80 Å². The van der Waals surface area contributed by atoms with Gasteiger partial charge in [-0.15, -0.1) is 0 Å². The quantitative estimate of drug-likeness (QED) is 0.164. The summed E-state index contributed by atoms with van der Waals surface area (Å²) >= 11 is 0. The Morgan fingerprint density at radius 2 is 0.969 bits per heavy atom. The van der Waals surface area contributed by atoms with Gasteiger partial charge in [0.2, 0.25) is 0 Å². The summed E-state index contributed by atoms with van der Waals surface area (Å²) in [7, 11) is 0. The fraction of sp³-hybridized carbons (Fsp3) is 0.410. The molecule has 0 N–H and O–H groups in total. The zero-order valence-corrected chi connectivity index (χ0v) is 40.8. The Hall–Kier alpha value is -5.02. The number of anilines is 6. The van der Waals surface area contributed by atoms with E-state index in [9.17, 15) is 0 Å². The Labute approximate surface area is 389 Å². The van der Waals surface area contributed by atoms with Crippen LogP contribution < -0.4 is 26.2 Å². The van der Waals surface area contributed by atoms with Crippen LogP contribution in [0, 0.1) is 13.8 Å². The van der Waals surface area contributed by atoms with E-state index in [1.54, 1.807) is 0 Å². The molecular formula is C61H69BN2. The topological polar surface area (TPSA) is 6.48 Å². The molecule has 0 fully saturated rings. The number of aryl methyl sites for hydroxylation is 2. The minimum atomic E-state index is -2.35. The fourth-order valence-electron chi connectivity index (χ4n) is 13.5. The average molecular weight is 844 g/mol. The number of rotatable bonds is 3. The van der Waals surface area contributed by atoms with Crippen molar-refractivity contribution in [3.8, 4) is 11.1 Å². The van der Waals surface area contributed by atoms with Gasteiger partial charge in [-0.05, 0) is 193 Å². The molecule has 64 heavy (non-hydrogen) atoms. The Morgan fingerprint density at radius 3 is 1.61 bits per heavy atom. The third-order valence-corrected chi connectivity index (χ3v) is 17.2. The molecule has 6 aromatic rings. The van der Waals surface area contributed by atoms with Crippen LogP contribution in [0.25, 0.3) is 11.1 Å². The number of nitrogens with zero attached hydrogens (tertiary/aromatic N) is 2. The maximum atomic E-state index is 9.16. The van der Waals surface area contributed by atoms with E-state index in [-0.39, 0.29) is 39.2 Å². The van der Waals surface area contributed by atoms with Gasteiger partial charge in [0.15, 0.2) is 0 Å². The Balaban J connectivity index is 1.29. The molecule has 3 aliphatic carbocycles. The normalized spacial score (nSPS) is 21.6. The van der Waals surface area contributed by atoms with Gasteiger partial charge in [-0.25, -0.2) is 0 Å². The predicted molar refractivity (Wildman–Crippen MR) is 277 cm³/mol. The van der Waals surface area contributed by atoms with Crippen molar-refractivity contribution in [2.75, 3.05) is 9.80 Å². The van der Waals surface area contributed by atoms with Crippen LogP contribution in [0.4, 0.5) is 34.1 Å². The highest BCUT2D eigenvalue weighted by molar-refractivity contribution is 7.00. The lowest BCUT2D eigenvalue weighted by atomic mass is 9.33. The van der Waals surface area contributed by atoms with E-state index >= 15 is 0 Å². The molecule has 2 heterocycles. The molecule has 0 amide bonds. The summed E-state index contributed by atoms with van der Waals surface area (Å²) in [5.74, 6) is 0. The highest BCUT2D eigenvalue weighted by atomic mass is 15.2. The van der Waals surface area contributed by atoms with Crippen molar-refractivity contribution in [1.82, 2.24) is 0 Å². The van der Waals surface area contributed by atoms with Crippen molar-refractivity contribution in [3.05, 3.63) is 148 Å². The lowest BCUT2D eigenvalue weighted by Gasteiger charge is -2.47. The zero-order chi connectivity index (χ0) is 47.8. The molecule has 0 radical (unpaired) electrons. The van der Waals surface area contributed by atoms with E-state index in [0.29, 0.717) is 5.56 Å². The lowest BCUT2D eigenvalue weighted by molar-refractivity contribution is 0.332. The molecule has 0 aromatic heterocycles. The van der Waals surface area contributed by atoms with Crippen LogP contribution in [0.15, 0.2) is 103 Å². The molecule has 0 saturated carbocycles. The van der Waals surface area contributed by atoms with Crippen LogP contribution in [-0.4, -0.2) is 6.71 Å². The molecule has 0 bridgehead atoms. The summed E-state index contributed by atoms with van der Waals surface area (Å²) in [6.07, 6.45) is 5.55. The number of hydrogen-bond acceptors (Lipinski definition) is 2. The molecule has 6 aromatic carbocycles. The standard InChI is InChI=1S/C61H69BN2/c1-37-28-53-55-54(29-37)64(51-34-46-43(30-38(51)2)57(5,6)26-27-59(46,9)10)52-35-47-45(60(11,12)36-61(47,13)14)33-49(52)62(55)48-31-40(39-18-16-15-17-19-39)20-23-50(48)63(53)41-21-22-42-44(32-41)58(7,8)25-24-56(42,3)4/h15-23,28-35H,24-27,36H2,1-14H3/i1D3. The Kier molecular flexibility index (Phi) is 7.95. The van der Waals surface area contributed by atoms with Crippen LogP contribution in [0.5, 0.6) is 0 Å². The predicted octanol–water partition coefficient (Wildman–Crippen LogP) is 14.7. The average Bonchev–Trinajstić information content (AvgIpc) is 3.44. The summed E-state index contributed by atoms with van der Waals surface area (Å²) in [4.78, 5) is 4.94. The zero-order valence-electron chi connectivity index (χ0n) is 43.8. The molecule has 11 rings (SSSR count). The molecule has 0 saturated heterocycles. The van der Waals surface area contributed by atoms with Crippen LogP contribution in [0.3, 0.4) is 0 Å². The SMILES string of the molecule is [2H]C([2H])([2H])c1cc2c3c(c1)N(c1cc4c(cc1C)C(C)(C)CCC4(C)C)c1cc4c(cc1B3c1cc(-c3ccccc3)ccc1N2c1ccc2c(c1)C(C)(C)CCC2(C)C)C(C)(C)CC4(C)C. The largest absolute Gasteiger partial charge is 0.311 e. The third kappa shape index (κ3) is 5.97.